The Morgan fingerprint density at radius 2 is 1.70 bits per heavy atom. The molecule has 33 heavy (non-hydrogen) atoms. The summed E-state index contributed by atoms with van der Waals surface area (Å²) in [5.41, 5.74) is 2.44. The standard InChI is InChI=1S/C24H27FN2O5S/c1-7-32-23(28)21-14(3)27(15-9-8-13(2)17(25)10-15)24(33)26-22(21)16-11-19(30-5)20(31-6)12-18(16)29-4/h8-12,22H,7H2,1-6H3,(H,26,33). The normalized spacial score (nSPS) is 15.8. The molecule has 176 valence electrons. The fourth-order valence-corrected chi connectivity index (χ4v) is 4.12. The van der Waals surface area contributed by atoms with E-state index in [0.29, 0.717) is 50.4 Å². The quantitative estimate of drug-likeness (QED) is 0.467. The van der Waals surface area contributed by atoms with Gasteiger partial charge in [-0.2, -0.15) is 0 Å². The van der Waals surface area contributed by atoms with E-state index in [2.05, 4.69) is 5.32 Å². The zero-order valence-electron chi connectivity index (χ0n) is 19.4. The number of anilines is 1. The van der Waals surface area contributed by atoms with Crippen molar-refractivity contribution in [2.45, 2.75) is 26.8 Å². The lowest BCUT2D eigenvalue weighted by molar-refractivity contribution is -0.139. The van der Waals surface area contributed by atoms with Crippen LogP contribution < -0.4 is 24.4 Å². The van der Waals surface area contributed by atoms with E-state index in [4.69, 9.17) is 31.2 Å². The van der Waals surface area contributed by atoms with Gasteiger partial charge in [0, 0.05) is 17.3 Å². The summed E-state index contributed by atoms with van der Waals surface area (Å²) in [5, 5.41) is 3.50. The second kappa shape index (κ2) is 10.1. The molecule has 3 rings (SSSR count). The Labute approximate surface area is 198 Å². The molecule has 0 bridgehead atoms. The molecule has 1 N–H and O–H groups in total. The van der Waals surface area contributed by atoms with Crippen LogP contribution in [0.3, 0.4) is 0 Å². The molecule has 0 amide bonds. The van der Waals surface area contributed by atoms with Gasteiger partial charge in [0.25, 0.3) is 0 Å². The van der Waals surface area contributed by atoms with E-state index in [9.17, 15) is 9.18 Å². The van der Waals surface area contributed by atoms with Crippen LogP contribution in [0, 0.1) is 12.7 Å². The SMILES string of the molecule is CCOC(=O)C1=C(C)N(c2ccc(C)c(F)c2)C(=S)NC1c1cc(OC)c(OC)cc1OC. The molecule has 1 heterocycles. The Morgan fingerprint density at radius 3 is 2.27 bits per heavy atom. The average Bonchev–Trinajstić information content (AvgIpc) is 2.80. The van der Waals surface area contributed by atoms with Gasteiger partial charge < -0.3 is 24.3 Å². The van der Waals surface area contributed by atoms with Crippen molar-refractivity contribution < 1.29 is 28.1 Å². The zero-order valence-corrected chi connectivity index (χ0v) is 20.3. The zero-order chi connectivity index (χ0) is 24.3. The van der Waals surface area contributed by atoms with Crippen LogP contribution in [0.25, 0.3) is 0 Å². The minimum Gasteiger partial charge on any atom is -0.496 e. The van der Waals surface area contributed by atoms with Crippen LogP contribution in [-0.4, -0.2) is 39.0 Å². The van der Waals surface area contributed by atoms with Crippen LogP contribution in [0.15, 0.2) is 41.6 Å². The van der Waals surface area contributed by atoms with Crippen LogP contribution in [0.2, 0.25) is 0 Å². The Hall–Kier alpha value is -3.33. The fraction of sp³-hybridized carbons (Fsp3) is 0.333. The van der Waals surface area contributed by atoms with Gasteiger partial charge in [0.05, 0.1) is 45.2 Å². The summed E-state index contributed by atoms with van der Waals surface area (Å²) in [6, 6.07) is 7.50. The predicted octanol–water partition coefficient (Wildman–Crippen LogP) is 4.43. The Bertz CT molecular complexity index is 1120. The number of halogens is 1. The van der Waals surface area contributed by atoms with Gasteiger partial charge in [-0.15, -0.1) is 0 Å². The third-order valence-corrected chi connectivity index (χ3v) is 5.74. The van der Waals surface area contributed by atoms with Crippen molar-refractivity contribution >= 4 is 29.0 Å². The number of carbonyl (C=O) groups is 1. The number of esters is 1. The Kier molecular flexibility index (Phi) is 7.43. The maximum Gasteiger partial charge on any atom is 0.338 e. The second-order valence-corrected chi connectivity index (χ2v) is 7.71. The number of rotatable bonds is 7. The molecule has 1 unspecified atom stereocenters. The molecule has 0 saturated heterocycles. The lowest BCUT2D eigenvalue weighted by Crippen LogP contribution is -2.48. The van der Waals surface area contributed by atoms with Crippen LogP contribution in [0.5, 0.6) is 17.2 Å². The highest BCUT2D eigenvalue weighted by molar-refractivity contribution is 7.80. The van der Waals surface area contributed by atoms with Gasteiger partial charge in [-0.25, -0.2) is 9.18 Å². The molecule has 0 aliphatic carbocycles. The molecule has 7 nitrogen and oxygen atoms in total. The van der Waals surface area contributed by atoms with E-state index >= 15 is 0 Å². The van der Waals surface area contributed by atoms with Crippen LogP contribution >= 0.6 is 12.2 Å². The van der Waals surface area contributed by atoms with E-state index in [1.54, 1.807) is 49.9 Å². The lowest BCUT2D eigenvalue weighted by atomic mass is 9.93. The minimum atomic E-state index is -0.696. The number of carbonyl (C=O) groups excluding carboxylic acids is 1. The Morgan fingerprint density at radius 1 is 1.06 bits per heavy atom. The number of nitrogens with one attached hydrogen (secondary N) is 1. The van der Waals surface area contributed by atoms with Crippen molar-refractivity contribution in [3.8, 4) is 17.2 Å². The van der Waals surface area contributed by atoms with Crippen molar-refractivity contribution in [3.05, 3.63) is 58.5 Å². The van der Waals surface area contributed by atoms with Crippen molar-refractivity contribution in [1.29, 1.82) is 0 Å². The third-order valence-electron chi connectivity index (χ3n) is 5.44. The van der Waals surface area contributed by atoms with E-state index in [1.165, 1.54) is 27.4 Å². The van der Waals surface area contributed by atoms with Gasteiger partial charge in [-0.1, -0.05) is 6.07 Å². The summed E-state index contributed by atoms with van der Waals surface area (Å²) in [4.78, 5) is 14.7. The molecule has 0 spiro atoms. The third kappa shape index (κ3) is 4.59. The number of methoxy groups -OCH3 is 3. The molecule has 9 heteroatoms. The summed E-state index contributed by atoms with van der Waals surface area (Å²) >= 11 is 5.64. The number of hydrogen-bond acceptors (Lipinski definition) is 6. The first-order chi connectivity index (χ1) is 15.8. The number of aryl methyl sites for hydroxylation is 1. The number of ether oxygens (including phenoxy) is 4. The first-order valence-corrected chi connectivity index (χ1v) is 10.7. The van der Waals surface area contributed by atoms with Gasteiger partial charge in [0.1, 0.15) is 11.6 Å². The van der Waals surface area contributed by atoms with Gasteiger partial charge >= 0.3 is 5.97 Å². The first-order valence-electron chi connectivity index (χ1n) is 10.3. The van der Waals surface area contributed by atoms with Gasteiger partial charge in [0.15, 0.2) is 16.6 Å². The molecule has 2 aromatic rings. The maximum atomic E-state index is 14.3. The van der Waals surface area contributed by atoms with Crippen molar-refractivity contribution in [3.63, 3.8) is 0 Å². The smallest absolute Gasteiger partial charge is 0.338 e. The molecular weight excluding hydrogens is 447 g/mol. The molecular formula is C24H27FN2O5S. The van der Waals surface area contributed by atoms with Gasteiger partial charge in [0.2, 0.25) is 0 Å². The highest BCUT2D eigenvalue weighted by Gasteiger charge is 2.37. The predicted molar refractivity (Wildman–Crippen MR) is 128 cm³/mol. The van der Waals surface area contributed by atoms with Gasteiger partial charge in [-0.3, -0.25) is 4.90 Å². The Balaban J connectivity index is 2.23. The van der Waals surface area contributed by atoms with E-state index in [-0.39, 0.29) is 12.4 Å². The molecule has 1 aliphatic heterocycles. The summed E-state index contributed by atoms with van der Waals surface area (Å²) < 4.78 is 36.1. The highest BCUT2D eigenvalue weighted by atomic mass is 32.1. The van der Waals surface area contributed by atoms with E-state index in [1.807, 2.05) is 0 Å². The van der Waals surface area contributed by atoms with Crippen molar-refractivity contribution in [2.75, 3.05) is 32.8 Å². The largest absolute Gasteiger partial charge is 0.496 e. The van der Waals surface area contributed by atoms with Crippen LogP contribution in [0.4, 0.5) is 10.1 Å². The molecule has 1 atom stereocenters. The average molecular weight is 475 g/mol. The molecule has 0 fully saturated rings. The van der Waals surface area contributed by atoms with E-state index in [0.717, 1.165) is 0 Å². The molecule has 0 saturated carbocycles. The number of hydrogen-bond donors (Lipinski definition) is 1. The summed E-state index contributed by atoms with van der Waals surface area (Å²) in [6.45, 7) is 5.35. The first kappa shape index (κ1) is 24.3. The van der Waals surface area contributed by atoms with Gasteiger partial charge in [-0.05, 0) is 56.8 Å². The fourth-order valence-electron chi connectivity index (χ4n) is 3.76. The highest BCUT2D eigenvalue weighted by Crippen LogP contribution is 2.42. The summed E-state index contributed by atoms with van der Waals surface area (Å²) in [5.74, 6) is 0.516. The number of allylic oxidation sites excluding steroid dienone is 1. The number of nitrogens with zero attached hydrogens (tertiary/aromatic N) is 1. The van der Waals surface area contributed by atoms with Crippen LogP contribution in [0.1, 0.15) is 31.0 Å². The summed E-state index contributed by atoms with van der Waals surface area (Å²) in [6.07, 6.45) is 0. The summed E-state index contributed by atoms with van der Waals surface area (Å²) in [7, 11) is 4.57. The van der Waals surface area contributed by atoms with Crippen molar-refractivity contribution in [2.24, 2.45) is 0 Å². The van der Waals surface area contributed by atoms with E-state index < -0.39 is 12.0 Å². The molecule has 0 aromatic heterocycles. The monoisotopic (exact) mass is 474 g/mol. The molecule has 2 aromatic carbocycles. The molecule has 0 radical (unpaired) electrons. The topological polar surface area (TPSA) is 69.3 Å². The minimum absolute atomic E-state index is 0.189. The van der Waals surface area contributed by atoms with Crippen LogP contribution in [-0.2, 0) is 9.53 Å². The number of benzene rings is 2. The van der Waals surface area contributed by atoms with Crippen molar-refractivity contribution in [1.82, 2.24) is 5.32 Å². The second-order valence-electron chi connectivity index (χ2n) is 7.32. The molecule has 1 aliphatic rings. The number of thiocarbonyl (C=S) groups is 1. The maximum absolute atomic E-state index is 14.3. The lowest BCUT2D eigenvalue weighted by Gasteiger charge is -2.38.